The molecular weight excluding hydrogens is 642 g/mol. The van der Waals surface area contributed by atoms with Crippen LogP contribution in [0, 0.1) is 5.82 Å². The maximum atomic E-state index is 15.0. The number of fused-ring (bicyclic) bond motifs is 1. The lowest BCUT2D eigenvalue weighted by Crippen LogP contribution is -2.31. The molecule has 0 aliphatic carbocycles. The maximum Gasteiger partial charge on any atom is 0.417 e. The number of likely N-dealkylation sites (tertiary alicyclic amines) is 1. The van der Waals surface area contributed by atoms with Crippen LogP contribution in [-0.4, -0.2) is 55.5 Å². The summed E-state index contributed by atoms with van der Waals surface area (Å²) in [5, 5.41) is 6.04. The molecule has 47 heavy (non-hydrogen) atoms. The van der Waals surface area contributed by atoms with Gasteiger partial charge in [-0.25, -0.2) is 14.6 Å². The fourth-order valence-electron chi connectivity index (χ4n) is 5.09. The van der Waals surface area contributed by atoms with Crippen molar-refractivity contribution in [2.75, 3.05) is 38.7 Å². The highest BCUT2D eigenvalue weighted by Crippen LogP contribution is 2.38. The average molecular weight is 674 g/mol. The Morgan fingerprint density at radius 3 is 2.57 bits per heavy atom. The van der Waals surface area contributed by atoms with Crippen molar-refractivity contribution in [1.29, 1.82) is 0 Å². The summed E-state index contributed by atoms with van der Waals surface area (Å²) >= 11 is 5.60. The van der Waals surface area contributed by atoms with Gasteiger partial charge in [0.25, 0.3) is 0 Å². The Kier molecular flexibility index (Phi) is 11.0. The van der Waals surface area contributed by atoms with Gasteiger partial charge in [-0.05, 0) is 86.4 Å². The third kappa shape index (κ3) is 9.01. The average Bonchev–Trinajstić information content (AvgIpc) is 3.05. The van der Waals surface area contributed by atoms with E-state index in [0.717, 1.165) is 44.4 Å². The number of hydrogen-bond donors (Lipinski definition) is 2. The van der Waals surface area contributed by atoms with Crippen molar-refractivity contribution in [3.8, 4) is 23.0 Å². The highest BCUT2D eigenvalue weighted by atomic mass is 35.5. The van der Waals surface area contributed by atoms with Gasteiger partial charge in [-0.3, -0.25) is 4.98 Å². The molecule has 0 unspecified atom stereocenters. The Labute approximate surface area is 273 Å². The summed E-state index contributed by atoms with van der Waals surface area (Å²) in [4.78, 5) is 19.0. The molecule has 0 spiro atoms. The van der Waals surface area contributed by atoms with Crippen LogP contribution in [-0.2, 0) is 6.18 Å². The van der Waals surface area contributed by atoms with Crippen LogP contribution in [0.25, 0.3) is 10.9 Å². The zero-order valence-corrected chi connectivity index (χ0v) is 26.1. The minimum absolute atomic E-state index is 0.0689. The van der Waals surface area contributed by atoms with Crippen molar-refractivity contribution < 1.29 is 36.6 Å². The van der Waals surface area contributed by atoms with E-state index in [1.165, 1.54) is 37.5 Å². The van der Waals surface area contributed by atoms with Crippen LogP contribution in [0.3, 0.4) is 0 Å². The fourth-order valence-corrected chi connectivity index (χ4v) is 5.31. The Bertz CT molecular complexity index is 1750. The van der Waals surface area contributed by atoms with Crippen LogP contribution in [0.15, 0.2) is 65.9 Å². The molecule has 1 fully saturated rings. The molecule has 2 N–H and O–H groups in total. The van der Waals surface area contributed by atoms with E-state index in [0.29, 0.717) is 40.8 Å². The quantitative estimate of drug-likeness (QED) is 0.0720. The second kappa shape index (κ2) is 15.3. The number of benzene rings is 3. The van der Waals surface area contributed by atoms with Crippen LogP contribution in [0.4, 0.5) is 28.0 Å². The smallest absolute Gasteiger partial charge is 0.417 e. The molecule has 248 valence electrons. The molecule has 4 aromatic rings. The van der Waals surface area contributed by atoms with Crippen LogP contribution < -0.4 is 25.0 Å². The van der Waals surface area contributed by atoms with Crippen LogP contribution in [0.1, 0.15) is 36.8 Å². The number of rotatable bonds is 11. The van der Waals surface area contributed by atoms with Crippen molar-refractivity contribution in [3.05, 3.63) is 82.8 Å². The van der Waals surface area contributed by atoms with Gasteiger partial charge in [0.1, 0.15) is 5.75 Å². The van der Waals surface area contributed by atoms with E-state index in [1.807, 2.05) is 0 Å². The van der Waals surface area contributed by atoms with Gasteiger partial charge >= 0.3 is 12.2 Å². The molecule has 1 aliphatic rings. The number of pyridine rings is 1. The van der Waals surface area contributed by atoms with Gasteiger partial charge in [-0.2, -0.15) is 18.3 Å². The number of carbonyl (C=O) groups excluding carboxylic acids is 1. The maximum absolute atomic E-state index is 15.0. The summed E-state index contributed by atoms with van der Waals surface area (Å²) in [6.45, 7) is 3.77. The van der Waals surface area contributed by atoms with Gasteiger partial charge < -0.3 is 24.4 Å². The highest BCUT2D eigenvalue weighted by molar-refractivity contribution is 6.31. The number of hydrazone groups is 1. The SMILES string of the molecule is COc1cc2c(Oc3ccc(/C=N/NC(=O)Nc4ccc(Cl)c(C(F)(F)F)c4)cc3F)ccnc2cc1OCCCN1CCCCC1. The molecule has 3 aromatic carbocycles. The van der Waals surface area contributed by atoms with E-state index < -0.39 is 28.6 Å². The monoisotopic (exact) mass is 673 g/mol. The number of methoxy groups -OCH3 is 1. The second-order valence-corrected chi connectivity index (χ2v) is 11.1. The summed E-state index contributed by atoms with van der Waals surface area (Å²) in [6, 6.07) is 11.2. The molecule has 14 heteroatoms. The largest absolute Gasteiger partial charge is 0.493 e. The van der Waals surface area contributed by atoms with E-state index >= 15 is 4.39 Å². The fraction of sp³-hybridized carbons (Fsp3) is 0.303. The molecule has 1 aromatic heterocycles. The number of aromatic nitrogens is 1. The van der Waals surface area contributed by atoms with Crippen molar-refractivity contribution in [2.45, 2.75) is 31.9 Å². The van der Waals surface area contributed by atoms with E-state index in [2.05, 4.69) is 25.7 Å². The molecule has 1 saturated heterocycles. The molecule has 9 nitrogen and oxygen atoms in total. The lowest BCUT2D eigenvalue weighted by atomic mass is 10.1. The lowest BCUT2D eigenvalue weighted by Gasteiger charge is -2.26. The second-order valence-electron chi connectivity index (χ2n) is 10.7. The predicted octanol–water partition coefficient (Wildman–Crippen LogP) is 8.26. The topological polar surface area (TPSA) is 97.3 Å². The number of halogens is 5. The molecule has 0 radical (unpaired) electrons. The standard InChI is InChI=1S/C33H32ClF4N5O4/c1-45-30-18-23-27(19-31(30)46-15-5-14-43-12-3-2-4-13-43)39-11-10-28(23)47-29-9-6-21(16-26(29)35)20-40-42-32(44)41-22-7-8-25(34)24(17-22)33(36,37)38/h6-11,16-20H,2-5,12-15H2,1H3,(H2,41,42,44)/b40-20+. The van der Waals surface area contributed by atoms with E-state index in [1.54, 1.807) is 31.5 Å². The summed E-state index contributed by atoms with van der Waals surface area (Å²) < 4.78 is 71.7. The zero-order valence-electron chi connectivity index (χ0n) is 25.4. The van der Waals surface area contributed by atoms with Crippen molar-refractivity contribution in [2.24, 2.45) is 5.10 Å². The predicted molar refractivity (Wildman–Crippen MR) is 171 cm³/mol. The van der Waals surface area contributed by atoms with Gasteiger partial charge in [0, 0.05) is 29.9 Å². The number of ether oxygens (including phenoxy) is 3. The Balaban J connectivity index is 1.20. The van der Waals surface area contributed by atoms with Gasteiger partial charge in [-0.1, -0.05) is 18.0 Å². The number of carbonyl (C=O) groups is 1. The van der Waals surface area contributed by atoms with Gasteiger partial charge in [-0.15, -0.1) is 0 Å². The first kappa shape index (κ1) is 33.7. The number of alkyl halides is 3. The Morgan fingerprint density at radius 2 is 1.83 bits per heavy atom. The molecular formula is C33H32ClF4N5O4. The summed E-state index contributed by atoms with van der Waals surface area (Å²) in [7, 11) is 1.54. The minimum atomic E-state index is -4.69. The number of piperidine rings is 1. The van der Waals surface area contributed by atoms with Crippen molar-refractivity contribution in [3.63, 3.8) is 0 Å². The third-order valence-electron chi connectivity index (χ3n) is 7.40. The Hall–Kier alpha value is -4.62. The summed E-state index contributed by atoms with van der Waals surface area (Å²) in [6.07, 6.45) is 2.68. The highest BCUT2D eigenvalue weighted by Gasteiger charge is 2.33. The van der Waals surface area contributed by atoms with Crippen molar-refractivity contribution >= 4 is 40.4 Å². The first-order valence-corrected chi connectivity index (χ1v) is 15.2. The Morgan fingerprint density at radius 1 is 1.02 bits per heavy atom. The van der Waals surface area contributed by atoms with E-state index in [9.17, 15) is 18.0 Å². The molecule has 5 rings (SSSR count). The van der Waals surface area contributed by atoms with Crippen LogP contribution >= 0.6 is 11.6 Å². The first-order chi connectivity index (χ1) is 22.6. The molecule has 2 amide bonds. The molecule has 0 bridgehead atoms. The van der Waals surface area contributed by atoms with Gasteiger partial charge in [0.05, 0.1) is 36.0 Å². The number of amides is 2. The van der Waals surface area contributed by atoms with Crippen molar-refractivity contribution in [1.82, 2.24) is 15.3 Å². The molecule has 1 aliphatic heterocycles. The number of urea groups is 1. The number of anilines is 1. The third-order valence-corrected chi connectivity index (χ3v) is 7.73. The number of nitrogens with one attached hydrogen (secondary N) is 2. The molecule has 0 saturated carbocycles. The van der Waals surface area contributed by atoms with E-state index in [-0.39, 0.29) is 17.0 Å². The zero-order chi connectivity index (χ0) is 33.4. The number of nitrogens with zero attached hydrogens (tertiary/aromatic N) is 3. The van der Waals surface area contributed by atoms with Crippen LogP contribution in [0.2, 0.25) is 5.02 Å². The lowest BCUT2D eigenvalue weighted by molar-refractivity contribution is -0.137. The normalized spacial score (nSPS) is 13.9. The first-order valence-electron chi connectivity index (χ1n) is 14.9. The van der Waals surface area contributed by atoms with Gasteiger partial charge in [0.2, 0.25) is 0 Å². The summed E-state index contributed by atoms with van der Waals surface area (Å²) in [5.41, 5.74) is 1.74. The number of hydrogen-bond acceptors (Lipinski definition) is 7. The van der Waals surface area contributed by atoms with Gasteiger partial charge in [0.15, 0.2) is 23.1 Å². The molecule has 2 heterocycles. The molecule has 0 atom stereocenters. The van der Waals surface area contributed by atoms with E-state index in [4.69, 9.17) is 25.8 Å². The van der Waals surface area contributed by atoms with Crippen LogP contribution in [0.5, 0.6) is 23.0 Å². The summed E-state index contributed by atoms with van der Waals surface area (Å²) in [5.74, 6) is 0.623. The minimum Gasteiger partial charge on any atom is -0.493 e.